The lowest BCUT2D eigenvalue weighted by molar-refractivity contribution is 0.124. The zero-order chi connectivity index (χ0) is 17.5. The Bertz CT molecular complexity index is 433. The Morgan fingerprint density at radius 3 is 2.21 bits per heavy atom. The van der Waals surface area contributed by atoms with Gasteiger partial charge in [0.25, 0.3) is 0 Å². The molecule has 0 radical (unpaired) electrons. The van der Waals surface area contributed by atoms with Crippen molar-refractivity contribution in [3.05, 3.63) is 22.9 Å². The Morgan fingerprint density at radius 1 is 0.958 bits per heavy atom. The van der Waals surface area contributed by atoms with Gasteiger partial charge in [-0.2, -0.15) is 0 Å². The molecule has 3 aliphatic rings. The minimum atomic E-state index is 0.973. The van der Waals surface area contributed by atoms with E-state index in [1.165, 1.54) is 76.9 Å². The molecule has 24 heavy (non-hydrogen) atoms. The highest BCUT2D eigenvalue weighted by atomic mass is 15.3. The third kappa shape index (κ3) is 5.12. The van der Waals surface area contributed by atoms with Crippen molar-refractivity contribution in [2.45, 2.75) is 73.1 Å². The van der Waals surface area contributed by atoms with E-state index in [0.717, 1.165) is 11.8 Å². The fraction of sp³-hybridized carbons (Fsp3) is 0.818. The standard InChI is InChI=1S/C20H34N2.C2H6/c1-16-7-9-19(10-8-16)15-21-11-13-22(14-12-21)20-6-4-5-17(2)18(20)3;1-2/h6,16,19H,4-5,7-15H2,1-3H3;1-2H3. The molecule has 3 rings (SSSR count). The highest BCUT2D eigenvalue weighted by molar-refractivity contribution is 5.35. The van der Waals surface area contributed by atoms with Crippen molar-refractivity contribution in [3.63, 3.8) is 0 Å². The van der Waals surface area contributed by atoms with Crippen molar-refractivity contribution in [1.82, 2.24) is 9.80 Å². The Kier molecular flexibility index (Phi) is 7.87. The first kappa shape index (κ1) is 19.6. The monoisotopic (exact) mass is 332 g/mol. The third-order valence-corrected chi connectivity index (χ3v) is 6.25. The quantitative estimate of drug-likeness (QED) is 0.676. The SMILES string of the molecule is CC.CC1=C(C)C(N2CCN(CC3CCC(C)CC3)CC2)=CCC1. The van der Waals surface area contributed by atoms with Crippen LogP contribution in [0.3, 0.4) is 0 Å². The molecule has 0 bridgehead atoms. The summed E-state index contributed by atoms with van der Waals surface area (Å²) in [5.74, 6) is 1.95. The summed E-state index contributed by atoms with van der Waals surface area (Å²) in [6.07, 6.45) is 10.8. The van der Waals surface area contributed by atoms with Crippen molar-refractivity contribution >= 4 is 0 Å². The second kappa shape index (κ2) is 9.65. The fourth-order valence-electron chi connectivity index (χ4n) is 4.40. The molecule has 1 aliphatic heterocycles. The molecule has 2 fully saturated rings. The van der Waals surface area contributed by atoms with Crippen LogP contribution in [0.25, 0.3) is 0 Å². The molecule has 0 spiro atoms. The summed E-state index contributed by atoms with van der Waals surface area (Å²) in [6, 6.07) is 0. The van der Waals surface area contributed by atoms with Crippen molar-refractivity contribution in [2.24, 2.45) is 11.8 Å². The molecule has 0 N–H and O–H groups in total. The third-order valence-electron chi connectivity index (χ3n) is 6.25. The minimum absolute atomic E-state index is 0.973. The first-order valence-electron chi connectivity index (χ1n) is 10.5. The lowest BCUT2D eigenvalue weighted by atomic mass is 9.83. The summed E-state index contributed by atoms with van der Waals surface area (Å²) in [6.45, 7) is 17.4. The molecule has 1 saturated carbocycles. The summed E-state index contributed by atoms with van der Waals surface area (Å²) >= 11 is 0. The van der Waals surface area contributed by atoms with Gasteiger partial charge >= 0.3 is 0 Å². The molecule has 2 nitrogen and oxygen atoms in total. The van der Waals surface area contributed by atoms with Crippen LogP contribution in [0.4, 0.5) is 0 Å². The molecule has 1 saturated heterocycles. The van der Waals surface area contributed by atoms with Gasteiger partial charge in [-0.3, -0.25) is 4.90 Å². The van der Waals surface area contributed by atoms with Crippen molar-refractivity contribution in [3.8, 4) is 0 Å². The number of allylic oxidation sites excluding steroid dienone is 3. The molecule has 0 aromatic heterocycles. The van der Waals surface area contributed by atoms with Crippen LogP contribution in [0.1, 0.15) is 73.1 Å². The molecule has 0 aromatic carbocycles. The molecular weight excluding hydrogens is 292 g/mol. The minimum Gasteiger partial charge on any atom is -0.369 e. The van der Waals surface area contributed by atoms with E-state index < -0.39 is 0 Å². The average Bonchev–Trinajstić information content (AvgIpc) is 2.62. The number of piperazine rings is 1. The van der Waals surface area contributed by atoms with Gasteiger partial charge in [0.15, 0.2) is 0 Å². The first-order valence-corrected chi connectivity index (χ1v) is 10.5. The van der Waals surface area contributed by atoms with Crippen LogP contribution in [-0.2, 0) is 0 Å². The Labute approximate surface area is 151 Å². The van der Waals surface area contributed by atoms with Gasteiger partial charge in [0, 0.05) is 38.4 Å². The van der Waals surface area contributed by atoms with Gasteiger partial charge in [-0.1, -0.05) is 45.3 Å². The van der Waals surface area contributed by atoms with Gasteiger partial charge in [-0.15, -0.1) is 0 Å². The molecule has 0 unspecified atom stereocenters. The number of hydrogen-bond donors (Lipinski definition) is 0. The van der Waals surface area contributed by atoms with Crippen molar-refractivity contribution in [2.75, 3.05) is 32.7 Å². The van der Waals surface area contributed by atoms with E-state index in [0.29, 0.717) is 0 Å². The topological polar surface area (TPSA) is 6.48 Å². The van der Waals surface area contributed by atoms with Gasteiger partial charge in [-0.25, -0.2) is 0 Å². The van der Waals surface area contributed by atoms with Crippen molar-refractivity contribution < 1.29 is 0 Å². The van der Waals surface area contributed by atoms with Crippen LogP contribution in [-0.4, -0.2) is 42.5 Å². The molecule has 0 aromatic rings. The van der Waals surface area contributed by atoms with Gasteiger partial charge in [0.1, 0.15) is 0 Å². The molecule has 138 valence electrons. The highest BCUT2D eigenvalue weighted by Crippen LogP contribution is 2.30. The smallest absolute Gasteiger partial charge is 0.0355 e. The molecule has 2 heteroatoms. The summed E-state index contributed by atoms with van der Waals surface area (Å²) in [7, 11) is 0. The van der Waals surface area contributed by atoms with Gasteiger partial charge in [0.05, 0.1) is 0 Å². The van der Waals surface area contributed by atoms with Crippen LogP contribution < -0.4 is 0 Å². The van der Waals surface area contributed by atoms with E-state index in [1.807, 2.05) is 13.8 Å². The number of rotatable bonds is 3. The van der Waals surface area contributed by atoms with Gasteiger partial charge in [-0.05, 0) is 56.9 Å². The number of nitrogens with zero attached hydrogens (tertiary/aromatic N) is 2. The van der Waals surface area contributed by atoms with Crippen LogP contribution in [0.15, 0.2) is 22.9 Å². The van der Waals surface area contributed by atoms with Gasteiger partial charge < -0.3 is 4.90 Å². The highest BCUT2D eigenvalue weighted by Gasteiger charge is 2.25. The Balaban J connectivity index is 0.00000100. The lowest BCUT2D eigenvalue weighted by Gasteiger charge is -2.40. The first-order chi connectivity index (χ1) is 11.6. The molecule has 0 atom stereocenters. The average molecular weight is 333 g/mol. The molecular formula is C22H40N2. The maximum absolute atomic E-state index is 2.73. The summed E-state index contributed by atoms with van der Waals surface area (Å²) in [5, 5.41) is 0. The van der Waals surface area contributed by atoms with E-state index in [-0.39, 0.29) is 0 Å². The van der Waals surface area contributed by atoms with Crippen molar-refractivity contribution in [1.29, 1.82) is 0 Å². The second-order valence-corrected chi connectivity index (χ2v) is 7.95. The maximum atomic E-state index is 2.73. The number of hydrogen-bond acceptors (Lipinski definition) is 2. The van der Waals surface area contributed by atoms with Crippen LogP contribution in [0.5, 0.6) is 0 Å². The van der Waals surface area contributed by atoms with Gasteiger partial charge in [0.2, 0.25) is 0 Å². The van der Waals surface area contributed by atoms with E-state index in [4.69, 9.17) is 0 Å². The Morgan fingerprint density at radius 2 is 1.58 bits per heavy atom. The van der Waals surface area contributed by atoms with E-state index >= 15 is 0 Å². The summed E-state index contributed by atoms with van der Waals surface area (Å²) < 4.78 is 0. The largest absolute Gasteiger partial charge is 0.369 e. The Hall–Kier alpha value is -0.760. The van der Waals surface area contributed by atoms with E-state index in [9.17, 15) is 0 Å². The molecule has 0 amide bonds. The van der Waals surface area contributed by atoms with E-state index in [2.05, 4.69) is 36.6 Å². The predicted molar refractivity (Wildman–Crippen MR) is 106 cm³/mol. The molecule has 2 aliphatic carbocycles. The van der Waals surface area contributed by atoms with E-state index in [1.54, 1.807) is 11.1 Å². The normalized spacial score (nSPS) is 29.0. The predicted octanol–water partition coefficient (Wildman–Crippen LogP) is 5.47. The van der Waals surface area contributed by atoms with Crippen LogP contribution in [0, 0.1) is 11.8 Å². The maximum Gasteiger partial charge on any atom is 0.0355 e. The van der Waals surface area contributed by atoms with Crippen LogP contribution >= 0.6 is 0 Å². The van der Waals surface area contributed by atoms with Crippen LogP contribution in [0.2, 0.25) is 0 Å². The summed E-state index contributed by atoms with van der Waals surface area (Å²) in [5.41, 5.74) is 4.67. The fourth-order valence-corrected chi connectivity index (χ4v) is 4.40. The lowest BCUT2D eigenvalue weighted by Crippen LogP contribution is -2.47. The molecule has 1 heterocycles. The zero-order valence-electron chi connectivity index (χ0n) is 16.9. The summed E-state index contributed by atoms with van der Waals surface area (Å²) in [4.78, 5) is 5.36. The zero-order valence-corrected chi connectivity index (χ0v) is 16.9. The second-order valence-electron chi connectivity index (χ2n) is 7.95.